The second kappa shape index (κ2) is 5.53. The van der Waals surface area contributed by atoms with Gasteiger partial charge in [-0.2, -0.15) is 10.4 Å². The molecule has 0 aromatic carbocycles. The Hall–Kier alpha value is -2.35. The van der Waals surface area contributed by atoms with Crippen LogP contribution in [0.5, 0.6) is 0 Å². The van der Waals surface area contributed by atoms with E-state index >= 15 is 0 Å². The molecule has 0 aliphatic heterocycles. The molecule has 0 amide bonds. The Morgan fingerprint density at radius 1 is 1.42 bits per heavy atom. The average Bonchev–Trinajstić information content (AvgIpc) is 2.83. The van der Waals surface area contributed by atoms with Crippen molar-refractivity contribution in [2.45, 2.75) is 33.4 Å². The van der Waals surface area contributed by atoms with Crippen LogP contribution in [0.25, 0.3) is 0 Å². The highest BCUT2D eigenvalue weighted by Gasteiger charge is 2.08. The third kappa shape index (κ3) is 2.58. The molecular formula is C14H16N4O. The highest BCUT2D eigenvalue weighted by Crippen LogP contribution is 2.07. The normalized spacial score (nSPS) is 10.4. The van der Waals surface area contributed by atoms with Crippen LogP contribution in [0, 0.1) is 11.3 Å². The Morgan fingerprint density at radius 3 is 2.84 bits per heavy atom. The van der Waals surface area contributed by atoms with Gasteiger partial charge in [-0.25, -0.2) is 0 Å². The molecule has 0 saturated carbocycles. The number of pyridine rings is 1. The number of aromatic nitrogens is 3. The minimum atomic E-state index is -0.257. The molecule has 0 atom stereocenters. The summed E-state index contributed by atoms with van der Waals surface area (Å²) in [5, 5.41) is 13.3. The van der Waals surface area contributed by atoms with Crippen molar-refractivity contribution in [1.29, 1.82) is 5.26 Å². The van der Waals surface area contributed by atoms with Gasteiger partial charge in [0.1, 0.15) is 11.6 Å². The maximum Gasteiger partial charge on any atom is 0.268 e. The molecule has 5 heteroatoms. The summed E-state index contributed by atoms with van der Waals surface area (Å²) < 4.78 is 3.44. The highest BCUT2D eigenvalue weighted by atomic mass is 16.1. The van der Waals surface area contributed by atoms with E-state index < -0.39 is 0 Å². The van der Waals surface area contributed by atoms with E-state index in [1.54, 1.807) is 16.8 Å². The molecule has 0 radical (unpaired) electrons. The molecule has 2 rings (SSSR count). The summed E-state index contributed by atoms with van der Waals surface area (Å²) >= 11 is 0. The van der Waals surface area contributed by atoms with Crippen LogP contribution in [0.2, 0.25) is 0 Å². The van der Waals surface area contributed by atoms with Gasteiger partial charge in [0.15, 0.2) is 0 Å². The second-order valence-corrected chi connectivity index (χ2v) is 4.26. The molecule has 5 nitrogen and oxygen atoms in total. The lowest BCUT2D eigenvalue weighted by Crippen LogP contribution is -2.23. The third-order valence-electron chi connectivity index (χ3n) is 3.05. The van der Waals surface area contributed by atoms with Crippen molar-refractivity contribution in [3.63, 3.8) is 0 Å². The quantitative estimate of drug-likeness (QED) is 0.833. The van der Waals surface area contributed by atoms with E-state index in [-0.39, 0.29) is 11.1 Å². The number of nitriles is 1. The van der Waals surface area contributed by atoms with Crippen LogP contribution in [0.1, 0.15) is 30.8 Å². The molecule has 0 aliphatic carbocycles. The average molecular weight is 256 g/mol. The van der Waals surface area contributed by atoms with E-state index in [9.17, 15) is 4.79 Å². The minimum absolute atomic E-state index is 0.167. The standard InChI is InChI=1S/C14H16N4O/c1-3-12-8-13(18(4-2)16-12)10-17-7-5-6-11(9-15)14(17)19/h5-8H,3-4,10H2,1-2H3. The van der Waals surface area contributed by atoms with Gasteiger partial charge in [0, 0.05) is 12.7 Å². The SMILES string of the molecule is CCc1cc(Cn2cccc(C#N)c2=O)n(CC)n1. The maximum absolute atomic E-state index is 12.0. The zero-order chi connectivity index (χ0) is 13.8. The van der Waals surface area contributed by atoms with E-state index in [1.165, 1.54) is 6.07 Å². The molecule has 19 heavy (non-hydrogen) atoms. The highest BCUT2D eigenvalue weighted by molar-refractivity contribution is 5.25. The first-order valence-corrected chi connectivity index (χ1v) is 6.34. The third-order valence-corrected chi connectivity index (χ3v) is 3.05. The summed E-state index contributed by atoms with van der Waals surface area (Å²) in [6.45, 7) is 5.27. The van der Waals surface area contributed by atoms with Crippen LogP contribution in [0.4, 0.5) is 0 Å². The van der Waals surface area contributed by atoms with Crippen molar-refractivity contribution in [1.82, 2.24) is 14.3 Å². The van der Waals surface area contributed by atoms with Gasteiger partial charge in [0.05, 0.1) is 17.9 Å². The van der Waals surface area contributed by atoms with Gasteiger partial charge in [0.2, 0.25) is 0 Å². The number of rotatable bonds is 4. The molecule has 0 bridgehead atoms. The summed E-state index contributed by atoms with van der Waals surface area (Å²) in [5.41, 5.74) is 1.91. The number of nitrogens with zero attached hydrogens (tertiary/aromatic N) is 4. The van der Waals surface area contributed by atoms with Crippen molar-refractivity contribution in [3.8, 4) is 6.07 Å². The van der Waals surface area contributed by atoms with E-state index in [0.29, 0.717) is 6.54 Å². The van der Waals surface area contributed by atoms with Gasteiger partial charge in [-0.05, 0) is 31.5 Å². The van der Waals surface area contributed by atoms with Gasteiger partial charge >= 0.3 is 0 Å². The monoisotopic (exact) mass is 256 g/mol. The number of aryl methyl sites for hydroxylation is 2. The number of hydrogen-bond donors (Lipinski definition) is 0. The Balaban J connectivity index is 2.39. The van der Waals surface area contributed by atoms with Crippen molar-refractivity contribution in [2.75, 3.05) is 0 Å². The van der Waals surface area contributed by atoms with Crippen LogP contribution in [-0.4, -0.2) is 14.3 Å². The first-order valence-electron chi connectivity index (χ1n) is 6.34. The Bertz CT molecular complexity index is 675. The van der Waals surface area contributed by atoms with Gasteiger partial charge < -0.3 is 4.57 Å². The molecule has 2 heterocycles. The Kier molecular flexibility index (Phi) is 3.81. The fourth-order valence-electron chi connectivity index (χ4n) is 2.01. The Labute approximate surface area is 111 Å². The first kappa shape index (κ1) is 13.1. The van der Waals surface area contributed by atoms with Gasteiger partial charge in [-0.1, -0.05) is 6.92 Å². The molecule has 0 spiro atoms. The molecule has 0 N–H and O–H groups in total. The van der Waals surface area contributed by atoms with Crippen molar-refractivity contribution < 1.29 is 0 Å². The molecule has 2 aromatic heterocycles. The van der Waals surface area contributed by atoms with E-state index in [4.69, 9.17) is 5.26 Å². The second-order valence-electron chi connectivity index (χ2n) is 4.26. The lowest BCUT2D eigenvalue weighted by molar-refractivity contribution is 0.589. The Morgan fingerprint density at radius 2 is 2.21 bits per heavy atom. The van der Waals surface area contributed by atoms with Crippen molar-refractivity contribution in [2.24, 2.45) is 0 Å². The van der Waals surface area contributed by atoms with Crippen LogP contribution in [0.3, 0.4) is 0 Å². The fourth-order valence-corrected chi connectivity index (χ4v) is 2.01. The van der Waals surface area contributed by atoms with Crippen molar-refractivity contribution in [3.05, 3.63) is 51.7 Å². The molecule has 0 saturated heterocycles. The van der Waals surface area contributed by atoms with Crippen LogP contribution in [0.15, 0.2) is 29.2 Å². The van der Waals surface area contributed by atoms with Crippen LogP contribution >= 0.6 is 0 Å². The fraction of sp³-hybridized carbons (Fsp3) is 0.357. The molecule has 0 fully saturated rings. The largest absolute Gasteiger partial charge is 0.308 e. The van der Waals surface area contributed by atoms with E-state index in [2.05, 4.69) is 12.0 Å². The maximum atomic E-state index is 12.0. The smallest absolute Gasteiger partial charge is 0.268 e. The zero-order valence-electron chi connectivity index (χ0n) is 11.1. The summed E-state index contributed by atoms with van der Waals surface area (Å²) in [6.07, 6.45) is 2.56. The minimum Gasteiger partial charge on any atom is -0.308 e. The van der Waals surface area contributed by atoms with E-state index in [0.717, 1.165) is 24.4 Å². The molecular weight excluding hydrogens is 240 g/mol. The van der Waals surface area contributed by atoms with Gasteiger partial charge in [-0.15, -0.1) is 0 Å². The molecule has 0 unspecified atom stereocenters. The summed E-state index contributed by atoms with van der Waals surface area (Å²) in [5.74, 6) is 0. The first-order chi connectivity index (χ1) is 9.19. The van der Waals surface area contributed by atoms with Crippen LogP contribution < -0.4 is 5.56 Å². The summed E-state index contributed by atoms with van der Waals surface area (Å²) in [6, 6.07) is 7.17. The molecule has 98 valence electrons. The molecule has 0 aliphatic rings. The lowest BCUT2D eigenvalue weighted by atomic mass is 10.2. The lowest BCUT2D eigenvalue weighted by Gasteiger charge is -2.07. The predicted octanol–water partition coefficient (Wildman–Crippen LogP) is 1.55. The van der Waals surface area contributed by atoms with Crippen molar-refractivity contribution >= 4 is 0 Å². The van der Waals surface area contributed by atoms with Gasteiger partial charge in [-0.3, -0.25) is 9.48 Å². The summed E-state index contributed by atoms with van der Waals surface area (Å²) in [4.78, 5) is 12.0. The zero-order valence-corrected chi connectivity index (χ0v) is 11.1. The van der Waals surface area contributed by atoms with E-state index in [1.807, 2.05) is 23.7 Å². The van der Waals surface area contributed by atoms with Gasteiger partial charge in [0.25, 0.3) is 5.56 Å². The topological polar surface area (TPSA) is 63.6 Å². The predicted molar refractivity (Wildman–Crippen MR) is 71.8 cm³/mol. The molecule has 2 aromatic rings. The summed E-state index contributed by atoms with van der Waals surface area (Å²) in [7, 11) is 0. The van der Waals surface area contributed by atoms with Crippen LogP contribution in [-0.2, 0) is 19.5 Å². The number of hydrogen-bond acceptors (Lipinski definition) is 3.